The second kappa shape index (κ2) is 10.8. The number of benzene rings is 2. The number of nitrogens with one attached hydrogen (secondary N) is 3. The van der Waals surface area contributed by atoms with Crippen molar-refractivity contribution in [1.29, 1.82) is 0 Å². The van der Waals surface area contributed by atoms with Gasteiger partial charge in [-0.3, -0.25) is 4.99 Å². The smallest absolute Gasteiger partial charge is 0.387 e. The van der Waals surface area contributed by atoms with Crippen molar-refractivity contribution in [2.45, 2.75) is 33.0 Å². The lowest BCUT2D eigenvalue weighted by atomic mass is 10.1. The van der Waals surface area contributed by atoms with E-state index in [0.717, 1.165) is 11.9 Å². The maximum Gasteiger partial charge on any atom is 0.387 e. The molecule has 0 saturated carbocycles. The van der Waals surface area contributed by atoms with Crippen molar-refractivity contribution in [3.05, 3.63) is 65.4 Å². The zero-order chi connectivity index (χ0) is 22.2. The summed E-state index contributed by atoms with van der Waals surface area (Å²) in [5.41, 5.74) is 4.18. The number of ether oxygens (including phenoxy) is 1. The minimum atomic E-state index is -2.87. The molecule has 0 bridgehead atoms. The Morgan fingerprint density at radius 3 is 2.65 bits per heavy atom. The van der Waals surface area contributed by atoms with Crippen LogP contribution in [0.3, 0.4) is 0 Å². The minimum absolute atomic E-state index is 0.0527. The second-order valence-corrected chi connectivity index (χ2v) is 7.17. The molecule has 166 valence electrons. The fourth-order valence-electron chi connectivity index (χ4n) is 3.38. The number of H-pyrrole nitrogens is 1. The molecule has 4 N–H and O–H groups in total. The number of hydrogen-bond donors (Lipinski definition) is 4. The predicted molar refractivity (Wildman–Crippen MR) is 119 cm³/mol. The van der Waals surface area contributed by atoms with Crippen molar-refractivity contribution in [3.63, 3.8) is 0 Å². The number of fused-ring (bicyclic) bond motifs is 1. The van der Waals surface area contributed by atoms with E-state index in [0.29, 0.717) is 24.6 Å². The molecule has 0 aliphatic carbocycles. The number of nitrogens with zero attached hydrogens (tertiary/aromatic N) is 1. The van der Waals surface area contributed by atoms with Gasteiger partial charge in [-0.1, -0.05) is 30.3 Å². The molecule has 0 fully saturated rings. The van der Waals surface area contributed by atoms with Gasteiger partial charge in [-0.25, -0.2) is 0 Å². The number of aliphatic hydroxyl groups is 1. The average molecular weight is 430 g/mol. The van der Waals surface area contributed by atoms with E-state index in [-0.39, 0.29) is 12.3 Å². The number of alkyl halides is 2. The van der Waals surface area contributed by atoms with Crippen LogP contribution in [0.1, 0.15) is 29.7 Å². The molecule has 31 heavy (non-hydrogen) atoms. The minimum Gasteiger partial charge on any atom is -0.435 e. The molecule has 0 aliphatic heterocycles. The van der Waals surface area contributed by atoms with E-state index in [1.54, 1.807) is 12.1 Å². The van der Waals surface area contributed by atoms with Crippen LogP contribution in [-0.4, -0.2) is 42.3 Å². The number of aryl methyl sites for hydroxylation is 1. The third-order valence-corrected chi connectivity index (χ3v) is 4.95. The molecule has 0 amide bonds. The Morgan fingerprint density at radius 2 is 1.94 bits per heavy atom. The van der Waals surface area contributed by atoms with E-state index >= 15 is 0 Å². The number of guanidine groups is 1. The topological polar surface area (TPSA) is 81.7 Å². The van der Waals surface area contributed by atoms with Gasteiger partial charge in [0.05, 0.1) is 12.6 Å². The van der Waals surface area contributed by atoms with Crippen LogP contribution in [0, 0.1) is 6.92 Å². The lowest BCUT2D eigenvalue weighted by molar-refractivity contribution is -0.0498. The number of hydrogen-bond acceptors (Lipinski definition) is 3. The number of halogens is 2. The lowest BCUT2D eigenvalue weighted by Crippen LogP contribution is -2.38. The van der Waals surface area contributed by atoms with E-state index < -0.39 is 12.7 Å². The molecule has 6 nitrogen and oxygen atoms in total. The van der Waals surface area contributed by atoms with E-state index in [9.17, 15) is 13.9 Å². The molecule has 3 rings (SSSR count). The van der Waals surface area contributed by atoms with Crippen LogP contribution in [0.2, 0.25) is 0 Å². The predicted octanol–water partition coefficient (Wildman–Crippen LogP) is 3.91. The Balaban J connectivity index is 1.56. The van der Waals surface area contributed by atoms with Gasteiger partial charge < -0.3 is 25.5 Å². The van der Waals surface area contributed by atoms with Gasteiger partial charge in [-0.05, 0) is 49.1 Å². The van der Waals surface area contributed by atoms with Crippen LogP contribution in [-0.2, 0) is 6.42 Å². The molecule has 0 saturated heterocycles. The first-order valence-electron chi connectivity index (χ1n) is 10.3. The zero-order valence-electron chi connectivity index (χ0n) is 17.7. The van der Waals surface area contributed by atoms with Gasteiger partial charge in [-0.2, -0.15) is 8.78 Å². The lowest BCUT2D eigenvalue weighted by Gasteiger charge is -2.14. The van der Waals surface area contributed by atoms with Gasteiger partial charge in [0.15, 0.2) is 5.96 Å². The molecule has 1 heterocycles. The highest BCUT2D eigenvalue weighted by Gasteiger charge is 2.10. The first-order valence-corrected chi connectivity index (χ1v) is 10.3. The highest BCUT2D eigenvalue weighted by Crippen LogP contribution is 2.21. The van der Waals surface area contributed by atoms with Crippen LogP contribution in [0.15, 0.2) is 53.7 Å². The van der Waals surface area contributed by atoms with Crippen molar-refractivity contribution < 1.29 is 18.6 Å². The number of aliphatic hydroxyl groups excluding tert-OH is 1. The quantitative estimate of drug-likeness (QED) is 0.307. The van der Waals surface area contributed by atoms with Gasteiger partial charge in [0.2, 0.25) is 0 Å². The molecule has 8 heteroatoms. The van der Waals surface area contributed by atoms with Crippen molar-refractivity contribution >= 4 is 16.9 Å². The highest BCUT2D eigenvalue weighted by molar-refractivity contribution is 5.86. The van der Waals surface area contributed by atoms with Crippen LogP contribution >= 0.6 is 0 Å². The fraction of sp³-hybridized carbons (Fsp3) is 0.348. The zero-order valence-corrected chi connectivity index (χ0v) is 17.7. The van der Waals surface area contributed by atoms with Gasteiger partial charge >= 0.3 is 6.61 Å². The van der Waals surface area contributed by atoms with Gasteiger partial charge in [-0.15, -0.1) is 0 Å². The maximum absolute atomic E-state index is 12.2. The van der Waals surface area contributed by atoms with E-state index in [4.69, 9.17) is 0 Å². The van der Waals surface area contributed by atoms with Crippen molar-refractivity contribution in [2.75, 3.05) is 19.6 Å². The Kier molecular flexibility index (Phi) is 7.83. The van der Waals surface area contributed by atoms with E-state index in [1.807, 2.05) is 13.1 Å². The molecule has 0 spiro atoms. The first-order chi connectivity index (χ1) is 15.0. The number of aliphatic imine (C=N–C) groups is 1. The Bertz CT molecular complexity index is 1000. The average Bonchev–Trinajstić information content (AvgIpc) is 3.16. The summed E-state index contributed by atoms with van der Waals surface area (Å²) >= 11 is 0. The molecule has 0 radical (unpaired) electrons. The van der Waals surface area contributed by atoms with Crippen molar-refractivity contribution in [3.8, 4) is 5.75 Å². The van der Waals surface area contributed by atoms with Crippen LogP contribution in [0.4, 0.5) is 8.78 Å². The Hall–Kier alpha value is -3.13. The largest absolute Gasteiger partial charge is 0.435 e. The summed E-state index contributed by atoms with van der Waals surface area (Å²) in [5, 5.41) is 18.0. The normalized spacial score (nSPS) is 12.9. The second-order valence-electron chi connectivity index (χ2n) is 7.17. The summed E-state index contributed by atoms with van der Waals surface area (Å²) < 4.78 is 28.8. The maximum atomic E-state index is 12.2. The monoisotopic (exact) mass is 430 g/mol. The van der Waals surface area contributed by atoms with E-state index in [2.05, 4.69) is 50.5 Å². The fourth-order valence-corrected chi connectivity index (χ4v) is 3.38. The summed E-state index contributed by atoms with van der Waals surface area (Å²) in [7, 11) is 0. The van der Waals surface area contributed by atoms with Gasteiger partial charge in [0.1, 0.15) is 5.75 Å². The number of para-hydroxylation sites is 1. The van der Waals surface area contributed by atoms with Crippen LogP contribution < -0.4 is 15.4 Å². The molecular weight excluding hydrogens is 402 g/mol. The summed E-state index contributed by atoms with van der Waals surface area (Å²) in [4.78, 5) is 7.78. The van der Waals surface area contributed by atoms with Gasteiger partial charge in [0.25, 0.3) is 0 Å². The Morgan fingerprint density at radius 1 is 1.16 bits per heavy atom. The molecule has 3 aromatic rings. The summed E-state index contributed by atoms with van der Waals surface area (Å²) in [6, 6.07) is 12.2. The number of aromatic amines is 1. The van der Waals surface area contributed by atoms with Crippen molar-refractivity contribution in [1.82, 2.24) is 15.6 Å². The van der Waals surface area contributed by atoms with Crippen LogP contribution in [0.25, 0.3) is 10.9 Å². The molecule has 1 atom stereocenters. The summed E-state index contributed by atoms with van der Waals surface area (Å²) in [6.07, 6.45) is 2.00. The highest BCUT2D eigenvalue weighted by atomic mass is 19.3. The molecular formula is C23H28F2N4O2. The van der Waals surface area contributed by atoms with Crippen LogP contribution in [0.5, 0.6) is 5.75 Å². The third-order valence-electron chi connectivity index (χ3n) is 4.95. The summed E-state index contributed by atoms with van der Waals surface area (Å²) in [6.45, 7) is 2.69. The Labute approximate surface area is 180 Å². The van der Waals surface area contributed by atoms with Gasteiger partial charge in [0, 0.05) is 30.2 Å². The van der Waals surface area contributed by atoms with E-state index in [1.165, 1.54) is 28.6 Å². The third kappa shape index (κ3) is 6.18. The molecule has 1 aromatic heterocycles. The van der Waals surface area contributed by atoms with Crippen molar-refractivity contribution in [2.24, 2.45) is 4.99 Å². The molecule has 0 aliphatic rings. The standard InChI is InChI=1S/C23H28F2N4O2/c1-3-26-23(27-12-11-17-13-28-21-15(2)5-4-6-19(17)21)29-14-20(30)16-7-9-18(10-8-16)31-22(24)25/h4-10,13,20,22,28,30H,3,11-12,14H2,1-2H3,(H2,26,27,29). The molecule has 1 unspecified atom stereocenters. The number of rotatable bonds is 9. The SMILES string of the molecule is CCNC(=NCC(O)c1ccc(OC(F)F)cc1)NCCc1c[nH]c2c(C)cccc12. The molecule has 2 aromatic carbocycles. The first kappa shape index (κ1) is 22.6. The summed E-state index contributed by atoms with van der Waals surface area (Å²) in [5.74, 6) is 0.659. The number of aromatic nitrogens is 1.